The van der Waals surface area contributed by atoms with Crippen molar-refractivity contribution in [2.45, 2.75) is 45.2 Å². The van der Waals surface area contributed by atoms with Crippen LogP contribution in [0.15, 0.2) is 64.8 Å². The summed E-state index contributed by atoms with van der Waals surface area (Å²) < 4.78 is 50.4. The SMILES string of the molecule is CCOP(=O)(OCC)C1(P(=O)(OCC)OCC)CC(C(=O)c2ccccc2-c2ccccc2)N=N1. The average molecular weight is 522 g/mol. The number of hydrogen-bond donors (Lipinski definition) is 0. The predicted molar refractivity (Wildman–Crippen MR) is 134 cm³/mol. The Bertz CT molecular complexity index is 1090. The van der Waals surface area contributed by atoms with Crippen LogP contribution in [0.25, 0.3) is 11.1 Å². The van der Waals surface area contributed by atoms with E-state index in [4.69, 9.17) is 18.1 Å². The van der Waals surface area contributed by atoms with Crippen LogP contribution in [-0.4, -0.2) is 43.3 Å². The van der Waals surface area contributed by atoms with Crippen LogP contribution in [0, 0.1) is 0 Å². The Hall–Kier alpha value is -1.99. The normalized spacial score (nSPS) is 17.5. The summed E-state index contributed by atoms with van der Waals surface area (Å²) in [7, 11) is -8.49. The van der Waals surface area contributed by atoms with Crippen molar-refractivity contribution in [3.8, 4) is 11.1 Å². The van der Waals surface area contributed by atoms with Gasteiger partial charge in [0.15, 0.2) is 5.78 Å². The molecule has 0 bridgehead atoms. The number of rotatable bonds is 13. The van der Waals surface area contributed by atoms with Crippen LogP contribution in [0.2, 0.25) is 0 Å². The first-order chi connectivity index (χ1) is 16.8. The molecule has 0 aliphatic carbocycles. The molecule has 1 aliphatic rings. The lowest BCUT2D eigenvalue weighted by Crippen LogP contribution is -2.33. The molecule has 0 saturated heterocycles. The van der Waals surface area contributed by atoms with Gasteiger partial charge in [-0.15, -0.1) is 0 Å². The van der Waals surface area contributed by atoms with E-state index in [1.165, 1.54) is 0 Å². The standard InChI is InChI=1S/C24H32N2O7P2/c1-5-30-34(28,31-6-2)24(35(29,32-7-3)33-8-4)18-22(25-26-24)23(27)21-17-13-12-16-20(21)19-14-10-9-11-15-19/h9-17,22H,5-8,18H2,1-4H3. The zero-order valence-electron chi connectivity index (χ0n) is 20.5. The van der Waals surface area contributed by atoms with Gasteiger partial charge < -0.3 is 18.1 Å². The van der Waals surface area contributed by atoms with Crippen LogP contribution in [-0.2, 0) is 27.2 Å². The Morgan fingerprint density at radius 1 is 0.829 bits per heavy atom. The minimum Gasteiger partial charge on any atom is -0.307 e. The third kappa shape index (κ3) is 5.26. The quantitative estimate of drug-likeness (QED) is 0.207. The zero-order valence-corrected chi connectivity index (χ0v) is 22.2. The molecular weight excluding hydrogens is 490 g/mol. The summed E-state index contributed by atoms with van der Waals surface area (Å²) in [5, 5.41) is 6.27. The van der Waals surface area contributed by atoms with E-state index in [1.807, 2.05) is 42.5 Å². The van der Waals surface area contributed by atoms with Crippen molar-refractivity contribution in [2.75, 3.05) is 26.4 Å². The highest BCUT2D eigenvalue weighted by Crippen LogP contribution is 2.81. The number of nitrogens with zero attached hydrogens (tertiary/aromatic N) is 2. The van der Waals surface area contributed by atoms with Crippen LogP contribution in [0.3, 0.4) is 0 Å². The molecule has 1 unspecified atom stereocenters. The van der Waals surface area contributed by atoms with Crippen LogP contribution in [0.4, 0.5) is 0 Å². The molecule has 11 heteroatoms. The first kappa shape index (κ1) is 27.6. The summed E-state index contributed by atoms with van der Waals surface area (Å²) in [6, 6.07) is 15.6. The van der Waals surface area contributed by atoms with Gasteiger partial charge in [0.1, 0.15) is 6.04 Å². The van der Waals surface area contributed by atoms with E-state index < -0.39 is 26.3 Å². The number of Topliss-reactive ketones (excluding diaryl/α,β-unsaturated/α-hetero) is 1. The first-order valence-corrected chi connectivity index (χ1v) is 14.8. The zero-order chi connectivity index (χ0) is 25.5. The van der Waals surface area contributed by atoms with Gasteiger partial charge in [-0.3, -0.25) is 13.9 Å². The molecule has 2 aromatic rings. The lowest BCUT2D eigenvalue weighted by molar-refractivity contribution is 0.0960. The second-order valence-corrected chi connectivity index (χ2v) is 12.5. The van der Waals surface area contributed by atoms with E-state index in [-0.39, 0.29) is 38.6 Å². The summed E-state index contributed by atoms with van der Waals surface area (Å²) in [6.07, 6.45) is -0.302. The van der Waals surface area contributed by atoms with Crippen molar-refractivity contribution < 1.29 is 32.0 Å². The summed E-state index contributed by atoms with van der Waals surface area (Å²) in [5.74, 6) is -0.353. The van der Waals surface area contributed by atoms with Crippen molar-refractivity contribution in [3.05, 3.63) is 60.2 Å². The van der Waals surface area contributed by atoms with Gasteiger partial charge in [-0.1, -0.05) is 54.6 Å². The summed E-state index contributed by atoms with van der Waals surface area (Å²) in [6.45, 7) is 6.55. The fraction of sp³-hybridized carbons (Fsp3) is 0.458. The minimum absolute atomic E-state index is 0.00223. The van der Waals surface area contributed by atoms with Crippen molar-refractivity contribution in [3.63, 3.8) is 0 Å². The number of benzene rings is 2. The smallest absolute Gasteiger partial charge is 0.307 e. The van der Waals surface area contributed by atoms with Crippen molar-refractivity contribution in [1.82, 2.24) is 0 Å². The van der Waals surface area contributed by atoms with E-state index in [2.05, 4.69) is 10.2 Å². The van der Waals surface area contributed by atoms with Gasteiger partial charge in [-0.05, 0) is 38.8 Å². The lowest BCUT2D eigenvalue weighted by Gasteiger charge is -2.36. The number of carbonyl (C=O) groups is 1. The molecule has 1 atom stereocenters. The van der Waals surface area contributed by atoms with Gasteiger partial charge in [0, 0.05) is 12.0 Å². The Morgan fingerprint density at radius 3 is 1.83 bits per heavy atom. The van der Waals surface area contributed by atoms with Crippen LogP contribution >= 0.6 is 15.2 Å². The summed E-state index contributed by atoms with van der Waals surface area (Å²) in [4.78, 5) is 13.7. The van der Waals surface area contributed by atoms with Gasteiger partial charge in [-0.2, -0.15) is 10.2 Å². The van der Waals surface area contributed by atoms with Gasteiger partial charge in [0.25, 0.3) is 5.02 Å². The Balaban J connectivity index is 2.09. The molecule has 3 rings (SSSR count). The molecule has 1 aliphatic heterocycles. The second kappa shape index (κ2) is 11.8. The summed E-state index contributed by atoms with van der Waals surface area (Å²) in [5.41, 5.74) is 2.01. The molecule has 0 radical (unpaired) electrons. The minimum atomic E-state index is -4.24. The predicted octanol–water partition coefficient (Wildman–Crippen LogP) is 6.95. The highest BCUT2D eigenvalue weighted by atomic mass is 31.2. The third-order valence-corrected chi connectivity index (χ3v) is 11.6. The van der Waals surface area contributed by atoms with Crippen LogP contribution < -0.4 is 0 Å². The van der Waals surface area contributed by atoms with Gasteiger partial charge in [0.2, 0.25) is 0 Å². The van der Waals surface area contributed by atoms with Crippen molar-refractivity contribution in [1.29, 1.82) is 0 Å². The average Bonchev–Trinajstić information content (AvgIpc) is 3.33. The Morgan fingerprint density at radius 2 is 1.31 bits per heavy atom. The molecule has 0 fully saturated rings. The maximum atomic E-state index is 14.1. The second-order valence-electron chi connectivity index (χ2n) is 7.65. The molecule has 190 valence electrons. The van der Waals surface area contributed by atoms with Gasteiger partial charge in [0.05, 0.1) is 26.4 Å². The Kier molecular flexibility index (Phi) is 9.33. The van der Waals surface area contributed by atoms with E-state index in [0.29, 0.717) is 5.56 Å². The molecule has 2 aromatic carbocycles. The maximum absolute atomic E-state index is 14.1. The van der Waals surface area contributed by atoms with Gasteiger partial charge in [-0.25, -0.2) is 0 Å². The third-order valence-electron chi connectivity index (χ3n) is 5.48. The van der Waals surface area contributed by atoms with E-state index in [0.717, 1.165) is 11.1 Å². The highest BCUT2D eigenvalue weighted by molar-refractivity contribution is 7.74. The number of carbonyl (C=O) groups excluding carboxylic acids is 1. The molecule has 9 nitrogen and oxygen atoms in total. The monoisotopic (exact) mass is 522 g/mol. The maximum Gasteiger partial charge on any atom is 0.372 e. The summed E-state index contributed by atoms with van der Waals surface area (Å²) >= 11 is 0. The van der Waals surface area contributed by atoms with Crippen LogP contribution in [0.1, 0.15) is 44.5 Å². The molecule has 0 saturated carbocycles. The molecule has 1 heterocycles. The van der Waals surface area contributed by atoms with Gasteiger partial charge >= 0.3 is 15.2 Å². The fourth-order valence-electron chi connectivity index (χ4n) is 4.05. The highest BCUT2D eigenvalue weighted by Gasteiger charge is 2.69. The van der Waals surface area contributed by atoms with E-state index >= 15 is 0 Å². The molecule has 0 aromatic heterocycles. The number of azo groups is 1. The Labute approximate surface area is 206 Å². The van der Waals surface area contributed by atoms with E-state index in [9.17, 15) is 13.9 Å². The van der Waals surface area contributed by atoms with Crippen molar-refractivity contribution in [2.24, 2.45) is 10.2 Å². The number of hydrogen-bond acceptors (Lipinski definition) is 9. The molecule has 0 spiro atoms. The van der Waals surface area contributed by atoms with Crippen LogP contribution in [0.5, 0.6) is 0 Å². The van der Waals surface area contributed by atoms with E-state index in [1.54, 1.807) is 39.8 Å². The molecular formula is C24H32N2O7P2. The lowest BCUT2D eigenvalue weighted by atomic mass is 9.93. The molecule has 35 heavy (non-hydrogen) atoms. The fourth-order valence-corrected chi connectivity index (χ4v) is 9.39. The molecule has 0 N–H and O–H groups in total. The first-order valence-electron chi connectivity index (χ1n) is 11.7. The van der Waals surface area contributed by atoms with Crippen molar-refractivity contribution >= 4 is 21.0 Å². The largest absolute Gasteiger partial charge is 0.372 e. The number of ketones is 1. The molecule has 0 amide bonds. The topological polar surface area (TPSA) is 113 Å².